The number of rotatable bonds is 2. The third-order valence-electron chi connectivity index (χ3n) is 1.72. The van der Waals surface area contributed by atoms with Gasteiger partial charge in [0.15, 0.2) is 0 Å². The monoisotopic (exact) mass is 219 g/mol. The van der Waals surface area contributed by atoms with Crippen LogP contribution in [0.15, 0.2) is 18.2 Å². The van der Waals surface area contributed by atoms with Crippen molar-refractivity contribution >= 4 is 28.9 Å². The zero-order valence-electron chi connectivity index (χ0n) is 6.83. The average Bonchev–Trinajstić information content (AvgIpc) is 2.02. The fourth-order valence-corrected chi connectivity index (χ4v) is 1.68. The number of halogens is 2. The highest BCUT2D eigenvalue weighted by Crippen LogP contribution is 2.34. The predicted octanol–water partition coefficient (Wildman–Crippen LogP) is 3.38. The van der Waals surface area contributed by atoms with Gasteiger partial charge in [-0.3, -0.25) is 10.1 Å². The van der Waals surface area contributed by atoms with Gasteiger partial charge in [0.1, 0.15) is 4.84 Å². The summed E-state index contributed by atoms with van der Waals surface area (Å²) in [4.78, 5) is 9.22. The molecular weight excluding hydrogens is 213 g/mol. The molecule has 0 saturated heterocycles. The molecule has 0 aliphatic heterocycles. The van der Waals surface area contributed by atoms with Crippen molar-refractivity contribution in [3.63, 3.8) is 0 Å². The molecule has 70 valence electrons. The maximum absolute atomic E-state index is 10.6. The zero-order valence-corrected chi connectivity index (χ0v) is 8.34. The Morgan fingerprint density at radius 3 is 2.46 bits per heavy atom. The lowest BCUT2D eigenvalue weighted by molar-refractivity contribution is -0.385. The normalized spacial score (nSPS) is 10.5. The quantitative estimate of drug-likeness (QED) is 0.435. The Bertz CT molecular complexity index is 339. The summed E-state index contributed by atoms with van der Waals surface area (Å²) in [7, 11) is 0. The number of nitrogens with zero attached hydrogens (tertiary/aromatic N) is 1. The number of hydrogen-bond donors (Lipinski definition) is 0. The maximum atomic E-state index is 10.6. The van der Waals surface area contributed by atoms with E-state index in [2.05, 4.69) is 0 Å². The SMILES string of the molecule is Cc1cccc([N+](=O)[O-])c1C(Cl)Cl. The molecule has 0 amide bonds. The van der Waals surface area contributed by atoms with Gasteiger partial charge < -0.3 is 0 Å². The molecule has 0 fully saturated rings. The van der Waals surface area contributed by atoms with E-state index in [4.69, 9.17) is 23.2 Å². The molecule has 1 aromatic rings. The topological polar surface area (TPSA) is 43.1 Å². The van der Waals surface area contributed by atoms with Crippen molar-refractivity contribution in [2.75, 3.05) is 0 Å². The Morgan fingerprint density at radius 1 is 1.46 bits per heavy atom. The minimum absolute atomic E-state index is 0.0324. The van der Waals surface area contributed by atoms with E-state index in [1.807, 2.05) is 0 Å². The molecule has 3 nitrogen and oxygen atoms in total. The van der Waals surface area contributed by atoms with Crippen molar-refractivity contribution in [2.45, 2.75) is 11.8 Å². The van der Waals surface area contributed by atoms with E-state index in [9.17, 15) is 10.1 Å². The van der Waals surface area contributed by atoms with E-state index in [0.29, 0.717) is 5.56 Å². The van der Waals surface area contributed by atoms with Gasteiger partial charge in [0.2, 0.25) is 0 Å². The van der Waals surface area contributed by atoms with E-state index >= 15 is 0 Å². The molecule has 0 atom stereocenters. The number of nitro groups is 1. The molecule has 0 radical (unpaired) electrons. The summed E-state index contributed by atoms with van der Waals surface area (Å²) in [6, 6.07) is 4.73. The Balaban J connectivity index is 3.34. The minimum Gasteiger partial charge on any atom is -0.258 e. The van der Waals surface area contributed by atoms with Crippen molar-refractivity contribution < 1.29 is 4.92 Å². The van der Waals surface area contributed by atoms with Crippen molar-refractivity contribution in [1.82, 2.24) is 0 Å². The second-order valence-corrected chi connectivity index (χ2v) is 3.66. The van der Waals surface area contributed by atoms with Crippen LogP contribution in [0.1, 0.15) is 16.0 Å². The van der Waals surface area contributed by atoms with Crippen LogP contribution in [0, 0.1) is 17.0 Å². The summed E-state index contributed by atoms with van der Waals surface area (Å²) >= 11 is 11.2. The molecular formula is C8H7Cl2NO2. The average molecular weight is 220 g/mol. The molecule has 0 saturated carbocycles. The second kappa shape index (κ2) is 3.94. The lowest BCUT2D eigenvalue weighted by Crippen LogP contribution is -1.97. The van der Waals surface area contributed by atoms with Crippen LogP contribution in [0.3, 0.4) is 0 Å². The van der Waals surface area contributed by atoms with Crippen LogP contribution in [0.4, 0.5) is 5.69 Å². The largest absolute Gasteiger partial charge is 0.275 e. The number of benzene rings is 1. The molecule has 0 aliphatic carbocycles. The summed E-state index contributed by atoms with van der Waals surface area (Å²) in [6.07, 6.45) is 0. The predicted molar refractivity (Wildman–Crippen MR) is 52.3 cm³/mol. The summed E-state index contributed by atoms with van der Waals surface area (Å²) in [5.74, 6) is 0. The van der Waals surface area contributed by atoms with E-state index in [-0.39, 0.29) is 5.69 Å². The zero-order chi connectivity index (χ0) is 10.0. The van der Waals surface area contributed by atoms with Crippen molar-refractivity contribution in [1.29, 1.82) is 0 Å². The first-order chi connectivity index (χ1) is 6.04. The minimum atomic E-state index is -0.860. The third-order valence-corrected chi connectivity index (χ3v) is 2.15. The lowest BCUT2D eigenvalue weighted by Gasteiger charge is -2.06. The molecule has 0 bridgehead atoms. The van der Waals surface area contributed by atoms with Crippen LogP contribution in [0.2, 0.25) is 0 Å². The summed E-state index contributed by atoms with van der Waals surface area (Å²) in [5, 5.41) is 10.6. The van der Waals surface area contributed by atoms with E-state index in [1.165, 1.54) is 6.07 Å². The van der Waals surface area contributed by atoms with Gasteiger partial charge in [-0.1, -0.05) is 35.3 Å². The van der Waals surface area contributed by atoms with E-state index in [1.54, 1.807) is 19.1 Å². The number of aryl methyl sites for hydroxylation is 1. The van der Waals surface area contributed by atoms with Crippen LogP contribution in [0.5, 0.6) is 0 Å². The number of hydrogen-bond acceptors (Lipinski definition) is 2. The Hall–Kier alpha value is -0.800. The highest BCUT2D eigenvalue weighted by Gasteiger charge is 2.20. The van der Waals surface area contributed by atoms with Crippen molar-refractivity contribution in [2.24, 2.45) is 0 Å². The molecule has 0 spiro atoms. The third kappa shape index (κ3) is 2.11. The lowest BCUT2D eigenvalue weighted by atomic mass is 10.1. The molecule has 0 aliphatic rings. The molecule has 0 aromatic heterocycles. The van der Waals surface area contributed by atoms with Gasteiger partial charge in [-0.25, -0.2) is 0 Å². The Morgan fingerprint density at radius 2 is 2.08 bits per heavy atom. The maximum Gasteiger partial charge on any atom is 0.275 e. The van der Waals surface area contributed by atoms with Crippen LogP contribution >= 0.6 is 23.2 Å². The van der Waals surface area contributed by atoms with Crippen LogP contribution in [-0.4, -0.2) is 4.92 Å². The smallest absolute Gasteiger partial charge is 0.258 e. The summed E-state index contributed by atoms with van der Waals surface area (Å²) < 4.78 is 0. The van der Waals surface area contributed by atoms with Crippen LogP contribution < -0.4 is 0 Å². The first-order valence-electron chi connectivity index (χ1n) is 3.56. The van der Waals surface area contributed by atoms with Crippen molar-refractivity contribution in [3.05, 3.63) is 39.4 Å². The second-order valence-electron chi connectivity index (χ2n) is 2.57. The highest BCUT2D eigenvalue weighted by molar-refractivity contribution is 6.44. The summed E-state index contributed by atoms with van der Waals surface area (Å²) in [6.45, 7) is 1.74. The van der Waals surface area contributed by atoms with Gasteiger partial charge in [0, 0.05) is 6.07 Å². The van der Waals surface area contributed by atoms with Gasteiger partial charge >= 0.3 is 0 Å². The summed E-state index contributed by atoms with van der Waals surface area (Å²) in [5.41, 5.74) is 1.06. The molecule has 1 aromatic carbocycles. The van der Waals surface area contributed by atoms with Gasteiger partial charge in [-0.05, 0) is 12.5 Å². The number of alkyl halides is 2. The Labute approximate surface area is 85.4 Å². The standard InChI is InChI=1S/C8H7Cl2NO2/c1-5-3-2-4-6(11(12)13)7(5)8(9)10/h2-4,8H,1H3. The van der Waals surface area contributed by atoms with Gasteiger partial charge in [0.05, 0.1) is 10.5 Å². The Kier molecular flexibility index (Phi) is 3.12. The molecule has 5 heteroatoms. The highest BCUT2D eigenvalue weighted by atomic mass is 35.5. The molecule has 0 N–H and O–H groups in total. The molecule has 0 unspecified atom stereocenters. The van der Waals surface area contributed by atoms with E-state index < -0.39 is 9.76 Å². The molecule has 1 rings (SSSR count). The number of nitro benzene ring substituents is 1. The fourth-order valence-electron chi connectivity index (χ4n) is 1.11. The molecule has 13 heavy (non-hydrogen) atoms. The van der Waals surface area contributed by atoms with Gasteiger partial charge in [-0.2, -0.15) is 0 Å². The van der Waals surface area contributed by atoms with Crippen LogP contribution in [0.25, 0.3) is 0 Å². The first-order valence-corrected chi connectivity index (χ1v) is 4.43. The van der Waals surface area contributed by atoms with E-state index in [0.717, 1.165) is 5.56 Å². The van der Waals surface area contributed by atoms with Crippen LogP contribution in [-0.2, 0) is 0 Å². The fraction of sp³-hybridized carbons (Fsp3) is 0.250. The van der Waals surface area contributed by atoms with Gasteiger partial charge in [0.25, 0.3) is 5.69 Å². The first kappa shape index (κ1) is 10.3. The van der Waals surface area contributed by atoms with Gasteiger partial charge in [-0.15, -0.1) is 0 Å². The van der Waals surface area contributed by atoms with Crippen molar-refractivity contribution in [3.8, 4) is 0 Å². The molecule has 0 heterocycles.